The number of aromatic nitrogens is 1. The summed E-state index contributed by atoms with van der Waals surface area (Å²) in [6.07, 6.45) is 3.23. The number of aromatic amines is 1. The molecule has 0 amide bonds. The maximum atomic E-state index is 3.41. The van der Waals surface area contributed by atoms with Crippen LogP contribution >= 0.6 is 0 Å². The molecule has 2 aromatic rings. The molecule has 0 radical (unpaired) electrons. The molecule has 2 heteroatoms. The standard InChI is InChI=1S/C14H16N2/c1-2-14(16-8-1)12-5-3-11(4-6-12)13-7-9-15-10-13/h1-6,8,13,15-16H,7,9-10H2. The normalized spacial score (nSPS) is 20.1. The highest BCUT2D eigenvalue weighted by molar-refractivity contribution is 5.59. The van der Waals surface area contributed by atoms with Crippen molar-refractivity contribution in [2.24, 2.45) is 0 Å². The zero-order chi connectivity index (χ0) is 10.8. The van der Waals surface area contributed by atoms with Crippen LogP contribution in [0, 0.1) is 0 Å². The number of H-pyrrole nitrogens is 1. The summed E-state index contributed by atoms with van der Waals surface area (Å²) in [5.74, 6) is 0.706. The third-order valence-electron chi connectivity index (χ3n) is 3.35. The maximum absolute atomic E-state index is 3.41. The molecule has 82 valence electrons. The fourth-order valence-electron chi connectivity index (χ4n) is 2.38. The van der Waals surface area contributed by atoms with Crippen molar-refractivity contribution < 1.29 is 0 Å². The fraction of sp³-hybridized carbons (Fsp3) is 0.286. The highest BCUT2D eigenvalue weighted by Crippen LogP contribution is 2.25. The van der Waals surface area contributed by atoms with Gasteiger partial charge in [-0.15, -0.1) is 0 Å². The lowest BCUT2D eigenvalue weighted by Gasteiger charge is -2.09. The SMILES string of the molecule is c1c[nH]c(-c2ccc(C3CCNC3)cc2)c1. The van der Waals surface area contributed by atoms with Gasteiger partial charge in [-0.3, -0.25) is 0 Å². The maximum Gasteiger partial charge on any atom is 0.0453 e. The van der Waals surface area contributed by atoms with E-state index in [4.69, 9.17) is 0 Å². The minimum absolute atomic E-state index is 0.706. The van der Waals surface area contributed by atoms with Crippen molar-refractivity contribution in [3.8, 4) is 11.3 Å². The Balaban J connectivity index is 1.84. The van der Waals surface area contributed by atoms with Crippen molar-refractivity contribution in [2.75, 3.05) is 13.1 Å². The molecule has 1 atom stereocenters. The lowest BCUT2D eigenvalue weighted by atomic mass is 9.97. The minimum atomic E-state index is 0.706. The number of rotatable bonds is 2. The first kappa shape index (κ1) is 9.67. The zero-order valence-electron chi connectivity index (χ0n) is 9.24. The second kappa shape index (κ2) is 4.14. The zero-order valence-corrected chi connectivity index (χ0v) is 9.24. The van der Waals surface area contributed by atoms with E-state index in [2.05, 4.69) is 40.6 Å². The smallest absolute Gasteiger partial charge is 0.0453 e. The van der Waals surface area contributed by atoms with Gasteiger partial charge in [-0.2, -0.15) is 0 Å². The van der Waals surface area contributed by atoms with Crippen LogP contribution in [0.15, 0.2) is 42.6 Å². The first-order chi connectivity index (χ1) is 7.93. The van der Waals surface area contributed by atoms with Crippen LogP contribution in [-0.4, -0.2) is 18.1 Å². The number of benzene rings is 1. The monoisotopic (exact) mass is 212 g/mol. The largest absolute Gasteiger partial charge is 0.361 e. The van der Waals surface area contributed by atoms with E-state index in [0.29, 0.717) is 5.92 Å². The Morgan fingerprint density at radius 3 is 2.56 bits per heavy atom. The lowest BCUT2D eigenvalue weighted by molar-refractivity contribution is 0.763. The van der Waals surface area contributed by atoms with Gasteiger partial charge in [-0.1, -0.05) is 24.3 Å². The van der Waals surface area contributed by atoms with E-state index in [9.17, 15) is 0 Å². The second-order valence-corrected chi connectivity index (χ2v) is 4.40. The molecule has 2 nitrogen and oxygen atoms in total. The Morgan fingerprint density at radius 1 is 1.06 bits per heavy atom. The lowest BCUT2D eigenvalue weighted by Crippen LogP contribution is -2.07. The molecule has 0 bridgehead atoms. The second-order valence-electron chi connectivity index (χ2n) is 4.40. The Bertz CT molecular complexity index is 436. The van der Waals surface area contributed by atoms with Gasteiger partial charge in [0.05, 0.1) is 0 Å². The van der Waals surface area contributed by atoms with Gasteiger partial charge in [-0.25, -0.2) is 0 Å². The van der Waals surface area contributed by atoms with Crippen molar-refractivity contribution in [1.29, 1.82) is 0 Å². The molecule has 1 aliphatic heterocycles. The highest BCUT2D eigenvalue weighted by atomic mass is 14.9. The van der Waals surface area contributed by atoms with E-state index in [1.807, 2.05) is 12.3 Å². The van der Waals surface area contributed by atoms with E-state index < -0.39 is 0 Å². The summed E-state index contributed by atoms with van der Waals surface area (Å²) in [7, 11) is 0. The van der Waals surface area contributed by atoms with E-state index in [1.54, 1.807) is 0 Å². The molecule has 2 heterocycles. The van der Waals surface area contributed by atoms with Gasteiger partial charge in [0.1, 0.15) is 0 Å². The molecule has 0 spiro atoms. The predicted octanol–water partition coefficient (Wildman–Crippen LogP) is 2.76. The molecule has 3 rings (SSSR count). The van der Waals surface area contributed by atoms with Crippen LogP contribution in [0.25, 0.3) is 11.3 Å². The molecule has 0 aliphatic carbocycles. The Labute approximate surface area is 95.7 Å². The van der Waals surface area contributed by atoms with E-state index in [-0.39, 0.29) is 0 Å². The molecule has 1 saturated heterocycles. The molecule has 16 heavy (non-hydrogen) atoms. The molecule has 1 unspecified atom stereocenters. The van der Waals surface area contributed by atoms with Crippen molar-refractivity contribution in [3.05, 3.63) is 48.2 Å². The van der Waals surface area contributed by atoms with Crippen molar-refractivity contribution in [3.63, 3.8) is 0 Å². The molecule has 1 aromatic heterocycles. The first-order valence-electron chi connectivity index (χ1n) is 5.88. The van der Waals surface area contributed by atoms with Crippen molar-refractivity contribution >= 4 is 0 Å². The van der Waals surface area contributed by atoms with Crippen LogP contribution in [-0.2, 0) is 0 Å². The molecular formula is C14H16N2. The summed E-state index contributed by atoms with van der Waals surface area (Å²) in [5, 5.41) is 3.41. The summed E-state index contributed by atoms with van der Waals surface area (Å²) in [6, 6.07) is 13.1. The molecular weight excluding hydrogens is 196 g/mol. The third-order valence-corrected chi connectivity index (χ3v) is 3.35. The number of nitrogens with one attached hydrogen (secondary N) is 2. The van der Waals surface area contributed by atoms with Crippen molar-refractivity contribution in [2.45, 2.75) is 12.3 Å². The molecule has 1 fully saturated rings. The van der Waals surface area contributed by atoms with Crippen LogP contribution in [0.4, 0.5) is 0 Å². The van der Waals surface area contributed by atoms with Gasteiger partial charge in [0.2, 0.25) is 0 Å². The van der Waals surface area contributed by atoms with E-state index in [1.165, 1.54) is 23.2 Å². The fourth-order valence-corrected chi connectivity index (χ4v) is 2.38. The van der Waals surface area contributed by atoms with Gasteiger partial charge in [-0.05, 0) is 42.1 Å². The number of hydrogen-bond acceptors (Lipinski definition) is 1. The topological polar surface area (TPSA) is 27.8 Å². The molecule has 1 aromatic carbocycles. The molecule has 1 aliphatic rings. The first-order valence-corrected chi connectivity index (χ1v) is 5.88. The van der Waals surface area contributed by atoms with Gasteiger partial charge < -0.3 is 10.3 Å². The van der Waals surface area contributed by atoms with Crippen LogP contribution in [0.5, 0.6) is 0 Å². The van der Waals surface area contributed by atoms with Gasteiger partial charge in [0, 0.05) is 18.4 Å². The Morgan fingerprint density at radius 2 is 1.94 bits per heavy atom. The Hall–Kier alpha value is -1.54. The van der Waals surface area contributed by atoms with Gasteiger partial charge in [0.15, 0.2) is 0 Å². The quantitative estimate of drug-likeness (QED) is 0.787. The van der Waals surface area contributed by atoms with Crippen LogP contribution in [0.1, 0.15) is 17.9 Å². The summed E-state index contributed by atoms with van der Waals surface area (Å²) in [6.45, 7) is 2.28. The van der Waals surface area contributed by atoms with Crippen LogP contribution in [0.2, 0.25) is 0 Å². The number of hydrogen-bond donors (Lipinski definition) is 2. The van der Waals surface area contributed by atoms with Crippen LogP contribution in [0.3, 0.4) is 0 Å². The van der Waals surface area contributed by atoms with E-state index >= 15 is 0 Å². The average Bonchev–Trinajstić information content (AvgIpc) is 3.03. The summed E-state index contributed by atoms with van der Waals surface area (Å²) < 4.78 is 0. The van der Waals surface area contributed by atoms with Gasteiger partial charge >= 0.3 is 0 Å². The predicted molar refractivity (Wildman–Crippen MR) is 66.5 cm³/mol. The van der Waals surface area contributed by atoms with Gasteiger partial charge in [0.25, 0.3) is 0 Å². The van der Waals surface area contributed by atoms with Crippen molar-refractivity contribution in [1.82, 2.24) is 10.3 Å². The Kier molecular flexibility index (Phi) is 2.50. The highest BCUT2D eigenvalue weighted by Gasteiger charge is 2.16. The third kappa shape index (κ3) is 1.76. The van der Waals surface area contributed by atoms with Crippen LogP contribution < -0.4 is 5.32 Å². The summed E-state index contributed by atoms with van der Waals surface area (Å²) in [4.78, 5) is 3.23. The summed E-state index contributed by atoms with van der Waals surface area (Å²) in [5.41, 5.74) is 3.91. The van der Waals surface area contributed by atoms with E-state index in [0.717, 1.165) is 13.1 Å². The molecule has 0 saturated carbocycles. The average molecular weight is 212 g/mol. The summed E-state index contributed by atoms with van der Waals surface area (Å²) >= 11 is 0. The molecule has 2 N–H and O–H groups in total. The minimum Gasteiger partial charge on any atom is -0.361 e.